The van der Waals surface area contributed by atoms with E-state index in [1.807, 2.05) is 6.92 Å². The van der Waals surface area contributed by atoms with Gasteiger partial charge in [0, 0.05) is 19.8 Å². The van der Waals surface area contributed by atoms with Gasteiger partial charge in [-0.1, -0.05) is 11.8 Å². The van der Waals surface area contributed by atoms with E-state index in [9.17, 15) is 9.59 Å². The maximum Gasteiger partial charge on any atom is 0.337 e. The van der Waals surface area contributed by atoms with Gasteiger partial charge in [0.1, 0.15) is 0 Å². The van der Waals surface area contributed by atoms with Gasteiger partial charge in [0.25, 0.3) is 0 Å². The van der Waals surface area contributed by atoms with Gasteiger partial charge in [-0.05, 0) is 19.1 Å². The number of hydrogen-bond donors (Lipinski definition) is 1. The largest absolute Gasteiger partial charge is 0.478 e. The minimum Gasteiger partial charge on any atom is -0.478 e. The first-order chi connectivity index (χ1) is 8.04. The average Bonchev–Trinajstić information content (AvgIpc) is 2.35. The molecule has 0 unspecified atom stereocenters. The van der Waals surface area contributed by atoms with E-state index in [0.29, 0.717) is 17.3 Å². The van der Waals surface area contributed by atoms with E-state index in [-0.39, 0.29) is 11.5 Å². The van der Waals surface area contributed by atoms with Crippen molar-refractivity contribution in [3.63, 3.8) is 0 Å². The Morgan fingerprint density at radius 3 is 2.65 bits per heavy atom. The molecule has 5 nitrogen and oxygen atoms in total. The van der Waals surface area contributed by atoms with Crippen molar-refractivity contribution < 1.29 is 14.7 Å². The molecule has 6 heteroatoms. The third-order valence-corrected chi connectivity index (χ3v) is 3.16. The lowest BCUT2D eigenvalue weighted by Gasteiger charge is -2.13. The summed E-state index contributed by atoms with van der Waals surface area (Å²) in [6, 6.07) is 3.08. The Hall–Kier alpha value is -1.56. The summed E-state index contributed by atoms with van der Waals surface area (Å²) in [5.41, 5.74) is 0.145. The minimum absolute atomic E-state index is 0.0293. The molecule has 92 valence electrons. The molecule has 0 fully saturated rings. The van der Waals surface area contributed by atoms with Gasteiger partial charge in [-0.2, -0.15) is 0 Å². The van der Waals surface area contributed by atoms with Crippen LogP contribution in [-0.2, 0) is 4.79 Å². The van der Waals surface area contributed by atoms with Crippen LogP contribution in [0.4, 0.5) is 0 Å². The lowest BCUT2D eigenvalue weighted by Crippen LogP contribution is -2.27. The summed E-state index contributed by atoms with van der Waals surface area (Å²) in [5, 5.41) is 9.34. The standard InChI is InChI=1S/C11H14N2O3S/c1-3-13(2)10(14)7-17-9-5-4-8(6-12-9)11(15)16/h4-6H,3,7H2,1-2H3,(H,15,16). The number of aromatic nitrogens is 1. The Morgan fingerprint density at radius 2 is 2.18 bits per heavy atom. The first kappa shape index (κ1) is 13.5. The second-order valence-electron chi connectivity index (χ2n) is 3.39. The zero-order chi connectivity index (χ0) is 12.8. The Morgan fingerprint density at radius 1 is 1.47 bits per heavy atom. The fourth-order valence-corrected chi connectivity index (χ4v) is 1.80. The van der Waals surface area contributed by atoms with E-state index in [2.05, 4.69) is 4.98 Å². The molecule has 1 rings (SSSR count). The highest BCUT2D eigenvalue weighted by Gasteiger charge is 2.08. The number of carbonyl (C=O) groups is 2. The van der Waals surface area contributed by atoms with Crippen molar-refractivity contribution in [3.8, 4) is 0 Å². The Kier molecular flexibility index (Phi) is 4.96. The van der Waals surface area contributed by atoms with E-state index >= 15 is 0 Å². The number of nitrogens with zero attached hydrogens (tertiary/aromatic N) is 2. The van der Waals surface area contributed by atoms with Gasteiger partial charge >= 0.3 is 5.97 Å². The monoisotopic (exact) mass is 254 g/mol. The summed E-state index contributed by atoms with van der Waals surface area (Å²) in [7, 11) is 1.74. The molecule has 1 aromatic rings. The van der Waals surface area contributed by atoms with Crippen molar-refractivity contribution in [3.05, 3.63) is 23.9 Å². The summed E-state index contributed by atoms with van der Waals surface area (Å²) in [5.74, 6) is -0.665. The number of carbonyl (C=O) groups excluding carboxylic acids is 1. The molecule has 0 aromatic carbocycles. The van der Waals surface area contributed by atoms with E-state index in [4.69, 9.17) is 5.11 Å². The molecule has 1 N–H and O–H groups in total. The summed E-state index contributed by atoms with van der Waals surface area (Å²) in [6.07, 6.45) is 1.29. The molecule has 0 bridgehead atoms. The lowest BCUT2D eigenvalue weighted by atomic mass is 10.3. The summed E-state index contributed by atoms with van der Waals surface area (Å²) < 4.78 is 0. The highest BCUT2D eigenvalue weighted by molar-refractivity contribution is 7.99. The zero-order valence-corrected chi connectivity index (χ0v) is 10.5. The number of hydrogen-bond acceptors (Lipinski definition) is 4. The number of amides is 1. The maximum absolute atomic E-state index is 11.5. The van der Waals surface area contributed by atoms with E-state index in [1.54, 1.807) is 18.0 Å². The van der Waals surface area contributed by atoms with E-state index in [1.165, 1.54) is 24.0 Å². The molecule has 0 saturated carbocycles. The zero-order valence-electron chi connectivity index (χ0n) is 9.71. The van der Waals surface area contributed by atoms with Gasteiger partial charge in [-0.25, -0.2) is 9.78 Å². The molecule has 0 aliphatic carbocycles. The van der Waals surface area contributed by atoms with Crippen molar-refractivity contribution >= 4 is 23.6 Å². The molecular formula is C11H14N2O3S. The molecular weight excluding hydrogens is 240 g/mol. The number of aromatic carboxylic acids is 1. The van der Waals surface area contributed by atoms with Gasteiger partial charge in [0.05, 0.1) is 16.3 Å². The van der Waals surface area contributed by atoms with Gasteiger partial charge in [-0.15, -0.1) is 0 Å². The molecule has 1 aromatic heterocycles. The van der Waals surface area contributed by atoms with Crippen molar-refractivity contribution in [2.75, 3.05) is 19.3 Å². The topological polar surface area (TPSA) is 70.5 Å². The van der Waals surface area contributed by atoms with Crippen LogP contribution in [0.5, 0.6) is 0 Å². The molecule has 0 aliphatic heterocycles. The molecule has 0 saturated heterocycles. The number of thioether (sulfide) groups is 1. The van der Waals surface area contributed by atoms with Crippen LogP contribution in [-0.4, -0.2) is 46.2 Å². The SMILES string of the molecule is CCN(C)C(=O)CSc1ccc(C(=O)O)cn1. The highest BCUT2D eigenvalue weighted by atomic mass is 32.2. The number of pyridine rings is 1. The van der Waals surface area contributed by atoms with Crippen LogP contribution in [0, 0.1) is 0 Å². The summed E-state index contributed by atoms with van der Waals surface area (Å²) >= 11 is 1.30. The highest BCUT2D eigenvalue weighted by Crippen LogP contribution is 2.15. The van der Waals surface area contributed by atoms with Crippen molar-refractivity contribution in [1.82, 2.24) is 9.88 Å². The molecule has 1 amide bonds. The van der Waals surface area contributed by atoms with Crippen LogP contribution in [0.3, 0.4) is 0 Å². The van der Waals surface area contributed by atoms with E-state index < -0.39 is 5.97 Å². The minimum atomic E-state index is -1.00. The second-order valence-corrected chi connectivity index (χ2v) is 4.38. The third-order valence-electron chi connectivity index (χ3n) is 2.23. The fourth-order valence-electron chi connectivity index (χ4n) is 1.01. The lowest BCUT2D eigenvalue weighted by molar-refractivity contribution is -0.126. The second kappa shape index (κ2) is 6.24. The van der Waals surface area contributed by atoms with Gasteiger partial charge in [0.15, 0.2) is 0 Å². The Labute approximate surface area is 104 Å². The van der Waals surface area contributed by atoms with Gasteiger partial charge in [0.2, 0.25) is 5.91 Å². The number of rotatable bonds is 5. The van der Waals surface area contributed by atoms with Gasteiger partial charge < -0.3 is 10.0 Å². The maximum atomic E-state index is 11.5. The molecule has 1 heterocycles. The van der Waals surface area contributed by atoms with Crippen LogP contribution < -0.4 is 0 Å². The van der Waals surface area contributed by atoms with Crippen molar-refractivity contribution in [2.24, 2.45) is 0 Å². The fraction of sp³-hybridized carbons (Fsp3) is 0.364. The van der Waals surface area contributed by atoms with Gasteiger partial charge in [-0.3, -0.25) is 4.79 Å². The van der Waals surface area contributed by atoms with Crippen molar-refractivity contribution in [1.29, 1.82) is 0 Å². The predicted molar refractivity (Wildman–Crippen MR) is 65.2 cm³/mol. The molecule has 17 heavy (non-hydrogen) atoms. The first-order valence-electron chi connectivity index (χ1n) is 5.10. The molecule has 0 radical (unpaired) electrons. The number of carboxylic acids is 1. The van der Waals surface area contributed by atoms with Crippen LogP contribution >= 0.6 is 11.8 Å². The molecule has 0 aliphatic rings. The predicted octanol–water partition coefficient (Wildman–Crippen LogP) is 1.35. The average molecular weight is 254 g/mol. The first-order valence-corrected chi connectivity index (χ1v) is 6.09. The van der Waals surface area contributed by atoms with Crippen LogP contribution in [0.2, 0.25) is 0 Å². The quantitative estimate of drug-likeness (QED) is 0.803. The molecule has 0 spiro atoms. The summed E-state index contributed by atoms with van der Waals surface area (Å²) in [6.45, 7) is 2.58. The normalized spacial score (nSPS) is 10.0. The van der Waals surface area contributed by atoms with Crippen molar-refractivity contribution in [2.45, 2.75) is 11.9 Å². The number of carboxylic acid groups (broad SMARTS) is 1. The van der Waals surface area contributed by atoms with Crippen LogP contribution in [0.1, 0.15) is 17.3 Å². The Balaban J connectivity index is 2.53. The molecule has 0 atom stereocenters. The van der Waals surface area contributed by atoms with Crippen LogP contribution in [0.25, 0.3) is 0 Å². The Bertz CT molecular complexity index is 406. The van der Waals surface area contributed by atoms with Crippen LogP contribution in [0.15, 0.2) is 23.4 Å². The third kappa shape index (κ3) is 4.07. The summed E-state index contributed by atoms with van der Waals surface area (Å²) in [4.78, 5) is 27.7. The smallest absolute Gasteiger partial charge is 0.337 e. The van der Waals surface area contributed by atoms with E-state index in [0.717, 1.165) is 0 Å².